The molecule has 1 aromatic heterocycles. The van der Waals surface area contributed by atoms with Crippen molar-refractivity contribution < 1.29 is 18.9 Å². The van der Waals surface area contributed by atoms with Crippen molar-refractivity contribution in [1.29, 1.82) is 0 Å². The van der Waals surface area contributed by atoms with Gasteiger partial charge in [-0.1, -0.05) is 11.6 Å². The van der Waals surface area contributed by atoms with Gasteiger partial charge in [0.25, 0.3) is 17.5 Å². The molecule has 1 aliphatic rings. The van der Waals surface area contributed by atoms with Crippen LogP contribution in [0.3, 0.4) is 0 Å². The summed E-state index contributed by atoms with van der Waals surface area (Å²) in [6.07, 6.45) is 1.60. The van der Waals surface area contributed by atoms with E-state index < -0.39 is 10.7 Å². The Hall–Kier alpha value is -3.79. The van der Waals surface area contributed by atoms with Crippen LogP contribution in [0.1, 0.15) is 20.8 Å². The highest BCUT2D eigenvalue weighted by Crippen LogP contribution is 2.20. The second kappa shape index (κ2) is 8.75. The minimum atomic E-state index is -0.518. The molecule has 1 aliphatic heterocycles. The van der Waals surface area contributed by atoms with Gasteiger partial charge in [0.2, 0.25) is 0 Å². The highest BCUT2D eigenvalue weighted by Gasteiger charge is 2.27. The fourth-order valence-corrected chi connectivity index (χ4v) is 3.66. The predicted octanol–water partition coefficient (Wildman–Crippen LogP) is 3.17. The first-order valence-corrected chi connectivity index (χ1v) is 10.1. The third-order valence-corrected chi connectivity index (χ3v) is 5.46. The number of aromatic nitrogens is 2. The summed E-state index contributed by atoms with van der Waals surface area (Å²) in [6, 6.07) is 11.0. The summed E-state index contributed by atoms with van der Waals surface area (Å²) in [7, 11) is 0. The minimum absolute atomic E-state index is 0.0356. The second-order valence-corrected chi connectivity index (χ2v) is 7.53. The Labute approximate surface area is 186 Å². The van der Waals surface area contributed by atoms with Crippen molar-refractivity contribution in [2.45, 2.75) is 0 Å². The van der Waals surface area contributed by atoms with Crippen molar-refractivity contribution in [3.8, 4) is 5.69 Å². The number of carbonyl (C=O) groups excluding carboxylic acids is 2. The van der Waals surface area contributed by atoms with Crippen molar-refractivity contribution in [3.05, 3.63) is 86.9 Å². The lowest BCUT2D eigenvalue weighted by Gasteiger charge is -2.34. The smallest absolute Gasteiger partial charge is 0.274 e. The van der Waals surface area contributed by atoms with Gasteiger partial charge in [-0.2, -0.15) is 5.10 Å². The van der Waals surface area contributed by atoms with Gasteiger partial charge in [0, 0.05) is 44.5 Å². The van der Waals surface area contributed by atoms with E-state index in [1.54, 1.807) is 34.2 Å². The number of carbonyl (C=O) groups is 2. The molecule has 1 saturated heterocycles. The number of benzene rings is 2. The number of rotatable bonds is 4. The molecule has 4 rings (SSSR count). The molecular weight excluding hydrogens is 441 g/mol. The van der Waals surface area contributed by atoms with Crippen LogP contribution in [0.4, 0.5) is 10.1 Å². The third kappa shape index (κ3) is 4.30. The highest BCUT2D eigenvalue weighted by molar-refractivity contribution is 6.33. The highest BCUT2D eigenvalue weighted by atomic mass is 35.5. The van der Waals surface area contributed by atoms with E-state index in [1.165, 1.54) is 28.9 Å². The maximum atomic E-state index is 13.2. The van der Waals surface area contributed by atoms with Crippen molar-refractivity contribution in [1.82, 2.24) is 19.6 Å². The van der Waals surface area contributed by atoms with Gasteiger partial charge in [-0.25, -0.2) is 9.07 Å². The minimum Gasteiger partial charge on any atom is -0.335 e. The topological polar surface area (TPSA) is 102 Å². The fourth-order valence-electron chi connectivity index (χ4n) is 3.42. The Kier molecular flexibility index (Phi) is 5.87. The van der Waals surface area contributed by atoms with E-state index in [0.29, 0.717) is 31.9 Å². The van der Waals surface area contributed by atoms with Crippen LogP contribution >= 0.6 is 11.6 Å². The van der Waals surface area contributed by atoms with E-state index in [2.05, 4.69) is 5.10 Å². The lowest BCUT2D eigenvalue weighted by Crippen LogP contribution is -2.50. The molecule has 0 unspecified atom stereocenters. The molecule has 32 heavy (non-hydrogen) atoms. The number of hydrogen-bond acceptors (Lipinski definition) is 5. The van der Waals surface area contributed by atoms with E-state index in [1.807, 2.05) is 0 Å². The molecule has 1 fully saturated rings. The maximum Gasteiger partial charge on any atom is 0.274 e. The van der Waals surface area contributed by atoms with Gasteiger partial charge in [0.1, 0.15) is 5.82 Å². The zero-order valence-electron chi connectivity index (χ0n) is 16.6. The number of hydrogen-bond donors (Lipinski definition) is 0. The van der Waals surface area contributed by atoms with Crippen LogP contribution in [0.25, 0.3) is 5.69 Å². The molecule has 0 spiro atoms. The number of nitrogens with zero attached hydrogens (tertiary/aromatic N) is 5. The summed E-state index contributed by atoms with van der Waals surface area (Å²) in [5, 5.41) is 15.1. The lowest BCUT2D eigenvalue weighted by molar-refractivity contribution is -0.384. The predicted molar refractivity (Wildman–Crippen MR) is 113 cm³/mol. The fraction of sp³-hybridized carbons (Fsp3) is 0.190. The van der Waals surface area contributed by atoms with Crippen molar-refractivity contribution in [2.24, 2.45) is 0 Å². The van der Waals surface area contributed by atoms with Gasteiger partial charge in [0.05, 0.1) is 21.2 Å². The van der Waals surface area contributed by atoms with Gasteiger partial charge in [0.15, 0.2) is 5.69 Å². The molecule has 2 amide bonds. The Balaban J connectivity index is 1.39. The molecule has 0 radical (unpaired) electrons. The summed E-state index contributed by atoms with van der Waals surface area (Å²) < 4.78 is 14.7. The largest absolute Gasteiger partial charge is 0.335 e. The average molecular weight is 458 g/mol. The molecule has 0 saturated carbocycles. The van der Waals surface area contributed by atoms with Crippen molar-refractivity contribution in [3.63, 3.8) is 0 Å². The molecule has 0 aliphatic carbocycles. The quantitative estimate of drug-likeness (QED) is 0.442. The van der Waals surface area contributed by atoms with E-state index in [0.717, 1.165) is 6.07 Å². The number of nitro groups is 1. The molecule has 11 heteroatoms. The summed E-state index contributed by atoms with van der Waals surface area (Å²) in [5.74, 6) is -1.11. The Morgan fingerprint density at radius 2 is 1.59 bits per heavy atom. The Morgan fingerprint density at radius 3 is 2.19 bits per heavy atom. The molecule has 2 aromatic carbocycles. The lowest BCUT2D eigenvalue weighted by atomic mass is 10.1. The van der Waals surface area contributed by atoms with E-state index in [-0.39, 0.29) is 33.8 Å². The first kappa shape index (κ1) is 21.4. The molecule has 9 nitrogen and oxygen atoms in total. The molecule has 0 bridgehead atoms. The van der Waals surface area contributed by atoms with Gasteiger partial charge < -0.3 is 9.80 Å². The van der Waals surface area contributed by atoms with Gasteiger partial charge in [-0.15, -0.1) is 0 Å². The summed E-state index contributed by atoms with van der Waals surface area (Å²) >= 11 is 5.98. The maximum absolute atomic E-state index is 13.2. The number of nitro benzene ring substituents is 1. The molecule has 164 valence electrons. The number of halogens is 2. The summed E-state index contributed by atoms with van der Waals surface area (Å²) in [5.41, 5.74) is 0.993. The van der Waals surface area contributed by atoms with Crippen molar-refractivity contribution >= 4 is 29.1 Å². The van der Waals surface area contributed by atoms with Crippen LogP contribution in [0.2, 0.25) is 5.02 Å². The Bertz CT molecular complexity index is 1190. The van der Waals surface area contributed by atoms with Gasteiger partial charge in [-0.05, 0) is 36.4 Å². The van der Waals surface area contributed by atoms with E-state index in [4.69, 9.17) is 11.6 Å². The van der Waals surface area contributed by atoms with Crippen LogP contribution in [0.5, 0.6) is 0 Å². The van der Waals surface area contributed by atoms with Crippen LogP contribution in [0.15, 0.2) is 54.7 Å². The normalized spacial score (nSPS) is 13.8. The summed E-state index contributed by atoms with van der Waals surface area (Å²) in [6.45, 7) is 1.24. The Morgan fingerprint density at radius 1 is 0.969 bits per heavy atom. The molecular formula is C21H17ClFN5O4. The first-order chi connectivity index (χ1) is 15.3. The zero-order valence-corrected chi connectivity index (χ0v) is 17.4. The molecule has 3 aromatic rings. The van der Waals surface area contributed by atoms with Crippen LogP contribution in [-0.2, 0) is 0 Å². The first-order valence-electron chi connectivity index (χ1n) is 9.67. The van der Waals surface area contributed by atoms with Crippen LogP contribution in [-0.4, -0.2) is 62.5 Å². The van der Waals surface area contributed by atoms with E-state index >= 15 is 0 Å². The second-order valence-electron chi connectivity index (χ2n) is 7.13. The standard InChI is InChI=1S/C21H17ClFN5O4/c22-18-13-14(23)1-6-17(18)20(29)25-9-11-26(12-10-25)21(30)19-7-8-27(24-19)15-2-4-16(5-3-15)28(31)32/h1-8,13H,9-12H2. The third-order valence-electron chi connectivity index (χ3n) is 5.15. The number of non-ortho nitro benzene ring substituents is 1. The average Bonchev–Trinajstić information content (AvgIpc) is 3.29. The monoisotopic (exact) mass is 457 g/mol. The molecule has 2 heterocycles. The van der Waals surface area contributed by atoms with Crippen LogP contribution in [0, 0.1) is 15.9 Å². The molecule has 0 atom stereocenters. The number of piperazine rings is 1. The van der Waals surface area contributed by atoms with E-state index in [9.17, 15) is 24.1 Å². The number of amides is 2. The van der Waals surface area contributed by atoms with Crippen LogP contribution < -0.4 is 0 Å². The van der Waals surface area contributed by atoms with Gasteiger partial charge >= 0.3 is 0 Å². The van der Waals surface area contributed by atoms with Gasteiger partial charge in [-0.3, -0.25) is 19.7 Å². The SMILES string of the molecule is O=C(c1ccn(-c2ccc([N+](=O)[O-])cc2)n1)N1CCN(C(=O)c2ccc(F)cc2Cl)CC1. The molecule has 0 N–H and O–H groups in total. The summed E-state index contributed by atoms with van der Waals surface area (Å²) in [4.78, 5) is 38.9. The zero-order chi connectivity index (χ0) is 22.8. The van der Waals surface area contributed by atoms with Crippen molar-refractivity contribution in [2.75, 3.05) is 26.2 Å².